The van der Waals surface area contributed by atoms with Gasteiger partial charge in [-0.3, -0.25) is 0 Å². The first-order chi connectivity index (χ1) is 17.8. The van der Waals surface area contributed by atoms with E-state index in [0.29, 0.717) is 12.5 Å². The van der Waals surface area contributed by atoms with Gasteiger partial charge in [0.25, 0.3) is 0 Å². The molecule has 0 fully saturated rings. The first-order valence-corrected chi connectivity index (χ1v) is 13.8. The highest BCUT2D eigenvalue weighted by molar-refractivity contribution is 6.11. The molecule has 0 radical (unpaired) electrons. The number of hydrogen-bond donors (Lipinski definition) is 2. The summed E-state index contributed by atoms with van der Waals surface area (Å²) in [4.78, 5) is 12.1. The highest BCUT2D eigenvalue weighted by atomic mass is 16.5. The minimum absolute atomic E-state index is 0.528. The second-order valence-corrected chi connectivity index (χ2v) is 10.2. The molecular weight excluding hydrogens is 442 g/mol. The maximum atomic E-state index is 6.34. The molecule has 2 aromatic heterocycles. The molecule has 3 aromatic rings. The van der Waals surface area contributed by atoms with Crippen molar-refractivity contribution in [3.05, 3.63) is 100 Å². The minimum Gasteiger partial charge on any atom is -0.487 e. The van der Waals surface area contributed by atoms with Crippen molar-refractivity contribution in [2.45, 2.75) is 83.7 Å². The third kappa shape index (κ3) is 6.10. The molecule has 1 atom stereocenters. The molecule has 0 amide bonds. The Hall–Kier alpha value is -3.27. The zero-order valence-corrected chi connectivity index (χ0v) is 21.6. The Kier molecular flexibility index (Phi) is 8.22. The highest BCUT2D eigenvalue weighted by Gasteiger charge is 2.22. The molecule has 4 nitrogen and oxygen atoms in total. The van der Waals surface area contributed by atoms with Crippen molar-refractivity contribution in [1.29, 1.82) is 0 Å². The average Bonchev–Trinajstić information content (AvgIpc) is 3.65. The van der Waals surface area contributed by atoms with E-state index >= 15 is 0 Å². The van der Waals surface area contributed by atoms with Crippen LogP contribution in [0, 0.1) is 0 Å². The average molecular weight is 482 g/mol. The second kappa shape index (κ2) is 12.1. The second-order valence-electron chi connectivity index (χ2n) is 10.2. The first-order valence-electron chi connectivity index (χ1n) is 13.8. The first kappa shape index (κ1) is 24.4. The van der Waals surface area contributed by atoms with Gasteiger partial charge in [-0.25, -0.2) is 4.99 Å². The van der Waals surface area contributed by atoms with Crippen molar-refractivity contribution in [2.24, 2.45) is 4.99 Å². The maximum Gasteiger partial charge on any atom is 0.147 e. The number of fused-ring (bicyclic) bond motifs is 2. The quantitative estimate of drug-likeness (QED) is 0.296. The number of benzene rings is 1. The van der Waals surface area contributed by atoms with Crippen LogP contribution in [0.15, 0.2) is 77.3 Å². The number of unbranched alkanes of at least 4 members (excludes halogenated alkanes) is 2. The summed E-state index contributed by atoms with van der Waals surface area (Å²) in [5, 5.41) is 0. The fourth-order valence-electron chi connectivity index (χ4n) is 5.43. The summed E-state index contributed by atoms with van der Waals surface area (Å²) in [6.45, 7) is 2.82. The Morgan fingerprint density at radius 2 is 1.92 bits per heavy atom. The van der Waals surface area contributed by atoms with Crippen LogP contribution in [0.2, 0.25) is 0 Å². The number of nitrogens with zero attached hydrogens (tertiary/aromatic N) is 1. The molecular formula is C32H39N3O. The monoisotopic (exact) mass is 481 g/mol. The molecule has 5 rings (SSSR count). The summed E-state index contributed by atoms with van der Waals surface area (Å²) in [6, 6.07) is 16.9. The topological polar surface area (TPSA) is 53.2 Å². The number of hydrogen-bond acceptors (Lipinski definition) is 2. The van der Waals surface area contributed by atoms with Gasteiger partial charge in [0.15, 0.2) is 0 Å². The summed E-state index contributed by atoms with van der Waals surface area (Å²) in [5.74, 6) is 1.44. The number of nitrogens with one attached hydrogen (secondary N) is 2. The lowest BCUT2D eigenvalue weighted by molar-refractivity contribution is 0.208. The number of aryl methyl sites for hydroxylation is 1. The zero-order chi connectivity index (χ0) is 24.6. The molecule has 1 aliphatic carbocycles. The normalized spacial score (nSPS) is 19.2. The highest BCUT2D eigenvalue weighted by Crippen LogP contribution is 2.35. The summed E-state index contributed by atoms with van der Waals surface area (Å²) >= 11 is 0. The predicted molar refractivity (Wildman–Crippen MR) is 149 cm³/mol. The smallest absolute Gasteiger partial charge is 0.147 e. The van der Waals surface area contributed by atoms with Gasteiger partial charge in [-0.15, -0.1) is 0 Å². The molecule has 0 spiro atoms. The third-order valence-corrected chi connectivity index (χ3v) is 7.43. The molecule has 2 N–H and O–H groups in total. The van der Waals surface area contributed by atoms with Gasteiger partial charge in [-0.05, 0) is 67.0 Å². The molecule has 1 aliphatic heterocycles. The lowest BCUT2D eigenvalue weighted by atomic mass is 9.87. The summed E-state index contributed by atoms with van der Waals surface area (Å²) < 4.78 is 6.34. The largest absolute Gasteiger partial charge is 0.487 e. The number of aromatic amines is 2. The Labute approximate surface area is 215 Å². The summed E-state index contributed by atoms with van der Waals surface area (Å²) in [7, 11) is 0. The van der Waals surface area contributed by atoms with E-state index in [1.165, 1.54) is 74.7 Å². The van der Waals surface area contributed by atoms with Crippen LogP contribution in [0.5, 0.6) is 0 Å². The molecule has 3 heterocycles. The molecule has 4 heteroatoms. The van der Waals surface area contributed by atoms with Crippen LogP contribution in [-0.2, 0) is 17.8 Å². The minimum atomic E-state index is 0.528. The lowest BCUT2D eigenvalue weighted by Gasteiger charge is -2.18. The van der Waals surface area contributed by atoms with Crippen molar-refractivity contribution in [3.8, 4) is 0 Å². The van der Waals surface area contributed by atoms with Crippen LogP contribution >= 0.6 is 0 Å². The fraction of sp³-hybridized carbons (Fsp3) is 0.406. The summed E-state index contributed by atoms with van der Waals surface area (Å²) in [6.07, 6.45) is 19.1. The van der Waals surface area contributed by atoms with Crippen molar-refractivity contribution >= 4 is 11.8 Å². The number of aromatic nitrogens is 2. The van der Waals surface area contributed by atoms with Crippen LogP contribution in [0.1, 0.15) is 98.8 Å². The Morgan fingerprint density at radius 1 is 1.03 bits per heavy atom. The molecule has 1 unspecified atom stereocenters. The van der Waals surface area contributed by atoms with Crippen molar-refractivity contribution < 1.29 is 4.74 Å². The van der Waals surface area contributed by atoms with Gasteiger partial charge < -0.3 is 14.7 Å². The van der Waals surface area contributed by atoms with Gasteiger partial charge in [0.1, 0.15) is 18.1 Å². The van der Waals surface area contributed by atoms with Crippen LogP contribution < -0.4 is 0 Å². The number of aliphatic imine (C=N–C) groups is 1. The predicted octanol–water partition coefficient (Wildman–Crippen LogP) is 8.46. The summed E-state index contributed by atoms with van der Waals surface area (Å²) in [5.41, 5.74) is 8.03. The van der Waals surface area contributed by atoms with Crippen LogP contribution in [-0.4, -0.2) is 15.7 Å². The van der Waals surface area contributed by atoms with Crippen molar-refractivity contribution in [2.75, 3.05) is 0 Å². The van der Waals surface area contributed by atoms with Gasteiger partial charge >= 0.3 is 0 Å². The zero-order valence-electron chi connectivity index (χ0n) is 21.6. The molecule has 0 saturated carbocycles. The third-order valence-electron chi connectivity index (χ3n) is 7.43. The van der Waals surface area contributed by atoms with E-state index in [4.69, 9.17) is 9.73 Å². The Bertz CT molecular complexity index is 1200. The SMILES string of the molecule is CCCCCC1CCCCCCc2cc1c(/C=C1\N=C(c3ccc[nH]3)C=C1OCc1ccccc1)[nH]2. The van der Waals surface area contributed by atoms with E-state index in [1.807, 2.05) is 18.3 Å². The lowest BCUT2D eigenvalue weighted by Crippen LogP contribution is -2.02. The molecule has 36 heavy (non-hydrogen) atoms. The number of rotatable bonds is 9. The van der Waals surface area contributed by atoms with Gasteiger partial charge in [0, 0.05) is 23.7 Å². The van der Waals surface area contributed by atoms with Crippen LogP contribution in [0.3, 0.4) is 0 Å². The van der Waals surface area contributed by atoms with Crippen LogP contribution in [0.25, 0.3) is 6.08 Å². The number of allylic oxidation sites excluding steroid dienone is 1. The standard InChI is InChI=1S/C32H39N3O/c1-2-3-7-15-25-16-10-4-5-11-17-26-20-27(25)29(34-26)21-31-32(36-23-24-13-8-6-9-14-24)22-30(35-31)28-18-12-19-33-28/h6,8-9,12-14,18-22,25,33-34H,2-5,7,10-11,15-17,23H2,1H3/b31-21-. The van der Waals surface area contributed by atoms with Gasteiger partial charge in [0.2, 0.25) is 0 Å². The van der Waals surface area contributed by atoms with E-state index in [0.717, 1.165) is 34.8 Å². The Balaban J connectivity index is 1.47. The van der Waals surface area contributed by atoms with Gasteiger partial charge in [-0.1, -0.05) is 75.8 Å². The van der Waals surface area contributed by atoms with Crippen molar-refractivity contribution in [3.63, 3.8) is 0 Å². The van der Waals surface area contributed by atoms with E-state index in [1.54, 1.807) is 0 Å². The molecule has 1 aromatic carbocycles. The van der Waals surface area contributed by atoms with Gasteiger partial charge in [-0.2, -0.15) is 0 Å². The number of H-pyrrole nitrogens is 2. The van der Waals surface area contributed by atoms with E-state index in [2.05, 4.69) is 65.4 Å². The molecule has 188 valence electrons. The van der Waals surface area contributed by atoms with E-state index in [-0.39, 0.29) is 0 Å². The van der Waals surface area contributed by atoms with Crippen molar-refractivity contribution in [1.82, 2.24) is 9.97 Å². The number of ether oxygens (including phenoxy) is 1. The van der Waals surface area contributed by atoms with Gasteiger partial charge in [0.05, 0.1) is 11.4 Å². The van der Waals surface area contributed by atoms with Crippen LogP contribution in [0.4, 0.5) is 0 Å². The fourth-order valence-corrected chi connectivity index (χ4v) is 5.43. The Morgan fingerprint density at radius 3 is 2.75 bits per heavy atom. The van der Waals surface area contributed by atoms with E-state index in [9.17, 15) is 0 Å². The van der Waals surface area contributed by atoms with E-state index < -0.39 is 0 Å². The molecule has 0 saturated heterocycles. The molecule has 2 aliphatic rings. The maximum absolute atomic E-state index is 6.34. The molecule has 2 bridgehead atoms.